The van der Waals surface area contributed by atoms with E-state index < -0.39 is 16.7 Å². The van der Waals surface area contributed by atoms with Gasteiger partial charge in [0.1, 0.15) is 11.4 Å². The largest absolute Gasteiger partial charge is 0.484 e. The van der Waals surface area contributed by atoms with E-state index in [-0.39, 0.29) is 0 Å². The molecule has 0 fully saturated rings. The van der Waals surface area contributed by atoms with Crippen molar-refractivity contribution in [3.05, 3.63) is 36.9 Å². The first kappa shape index (κ1) is 13.9. The van der Waals surface area contributed by atoms with Crippen molar-refractivity contribution in [1.82, 2.24) is 0 Å². The number of hydrogen-bond donors (Lipinski definition) is 0. The molecule has 0 radical (unpaired) electrons. The Labute approximate surface area is 105 Å². The van der Waals surface area contributed by atoms with E-state index in [9.17, 15) is 4.21 Å². The van der Waals surface area contributed by atoms with Crippen LogP contribution in [0.4, 0.5) is 0 Å². The third-order valence-electron chi connectivity index (χ3n) is 2.11. The molecule has 1 aromatic carbocycles. The zero-order chi connectivity index (χ0) is 12.9. The number of benzene rings is 1. The van der Waals surface area contributed by atoms with Crippen LogP contribution in [-0.2, 0) is 15.3 Å². The van der Waals surface area contributed by atoms with Gasteiger partial charge < -0.3 is 4.74 Å². The van der Waals surface area contributed by atoms with Gasteiger partial charge in [0, 0.05) is 0 Å². The third kappa shape index (κ3) is 4.32. The van der Waals surface area contributed by atoms with Crippen molar-refractivity contribution >= 4 is 11.1 Å². The van der Waals surface area contributed by atoms with Crippen LogP contribution in [0.2, 0.25) is 0 Å². The second kappa shape index (κ2) is 5.98. The van der Waals surface area contributed by atoms with E-state index in [0.717, 1.165) is 0 Å². The summed E-state index contributed by atoms with van der Waals surface area (Å²) in [5.41, 5.74) is -0.416. The maximum Gasteiger partial charge on any atom is 0.189 e. The Hall–Kier alpha value is -1.13. The Morgan fingerprint density at radius 1 is 1.35 bits per heavy atom. The smallest absolute Gasteiger partial charge is 0.189 e. The summed E-state index contributed by atoms with van der Waals surface area (Å²) in [5, 5.41) is 0. The van der Waals surface area contributed by atoms with Crippen LogP contribution >= 0.6 is 0 Å². The highest BCUT2D eigenvalue weighted by Crippen LogP contribution is 2.20. The molecule has 0 N–H and O–H groups in total. The maximum absolute atomic E-state index is 11.5. The van der Waals surface area contributed by atoms with Crippen LogP contribution in [0.25, 0.3) is 0 Å². The van der Waals surface area contributed by atoms with Gasteiger partial charge in [-0.25, -0.2) is 4.21 Å². The van der Waals surface area contributed by atoms with Gasteiger partial charge >= 0.3 is 0 Å². The monoisotopic (exact) mass is 254 g/mol. The fraction of sp³-hybridized carbons (Fsp3) is 0.385. The van der Waals surface area contributed by atoms with Crippen LogP contribution < -0.4 is 4.74 Å². The fourth-order valence-electron chi connectivity index (χ4n) is 1.14. The summed E-state index contributed by atoms with van der Waals surface area (Å²) in [6, 6.07) is 7.02. The minimum Gasteiger partial charge on any atom is -0.484 e. The average molecular weight is 254 g/mol. The van der Waals surface area contributed by atoms with Gasteiger partial charge in [-0.1, -0.05) is 6.58 Å². The van der Waals surface area contributed by atoms with E-state index in [4.69, 9.17) is 8.92 Å². The summed E-state index contributed by atoms with van der Waals surface area (Å²) in [7, 11) is 0. The summed E-state index contributed by atoms with van der Waals surface area (Å²) in [6.45, 7) is 9.78. The third-order valence-corrected chi connectivity index (χ3v) is 3.22. The molecule has 0 amide bonds. The Bertz CT molecular complexity index is 396. The first-order valence-electron chi connectivity index (χ1n) is 5.46. The minimum absolute atomic E-state index is 0.416. The molecule has 1 atom stereocenters. The lowest BCUT2D eigenvalue weighted by atomic mass is 10.1. The summed E-state index contributed by atoms with van der Waals surface area (Å²) < 4.78 is 22.2. The molecule has 0 aliphatic rings. The van der Waals surface area contributed by atoms with Crippen LogP contribution in [-0.4, -0.2) is 16.4 Å². The highest BCUT2D eigenvalue weighted by Gasteiger charge is 2.14. The number of ether oxygens (including phenoxy) is 1. The topological polar surface area (TPSA) is 35.5 Å². The lowest BCUT2D eigenvalue weighted by Crippen LogP contribution is -2.24. The SMILES string of the molecule is C=CC(C)(C)Oc1ccc(S(=O)OCC)cc1. The van der Waals surface area contributed by atoms with Gasteiger partial charge in [-0.05, 0) is 51.1 Å². The lowest BCUT2D eigenvalue weighted by Gasteiger charge is -2.22. The normalized spacial score (nSPS) is 13.1. The fourth-order valence-corrected chi connectivity index (χ4v) is 1.85. The second-order valence-electron chi connectivity index (χ2n) is 4.02. The van der Waals surface area contributed by atoms with Crippen LogP contribution in [0.1, 0.15) is 20.8 Å². The van der Waals surface area contributed by atoms with Gasteiger partial charge in [0.15, 0.2) is 11.1 Å². The molecule has 0 aliphatic heterocycles. The van der Waals surface area contributed by atoms with Gasteiger partial charge in [-0.2, -0.15) is 0 Å². The van der Waals surface area contributed by atoms with Gasteiger partial charge in [0.05, 0.1) is 11.5 Å². The zero-order valence-electron chi connectivity index (χ0n) is 10.4. The molecule has 0 saturated carbocycles. The predicted octanol–water partition coefficient (Wildman–Crippen LogP) is 3.09. The van der Waals surface area contributed by atoms with E-state index in [2.05, 4.69) is 6.58 Å². The van der Waals surface area contributed by atoms with E-state index in [0.29, 0.717) is 17.3 Å². The highest BCUT2D eigenvalue weighted by molar-refractivity contribution is 7.80. The van der Waals surface area contributed by atoms with Crippen molar-refractivity contribution in [3.8, 4) is 5.75 Å². The summed E-state index contributed by atoms with van der Waals surface area (Å²) >= 11 is -1.39. The molecule has 0 bridgehead atoms. The Kier molecular flexibility index (Phi) is 4.90. The van der Waals surface area contributed by atoms with Crippen LogP contribution in [0.5, 0.6) is 5.75 Å². The van der Waals surface area contributed by atoms with E-state index >= 15 is 0 Å². The van der Waals surface area contributed by atoms with Gasteiger partial charge in [0.2, 0.25) is 0 Å². The number of rotatable bonds is 6. The highest BCUT2D eigenvalue weighted by atomic mass is 32.2. The van der Waals surface area contributed by atoms with Crippen molar-refractivity contribution in [3.63, 3.8) is 0 Å². The average Bonchev–Trinajstić information content (AvgIpc) is 2.30. The summed E-state index contributed by atoms with van der Waals surface area (Å²) in [5.74, 6) is 0.715. The Balaban J connectivity index is 2.75. The van der Waals surface area contributed by atoms with E-state index in [1.54, 1.807) is 30.3 Å². The Morgan fingerprint density at radius 2 is 1.94 bits per heavy atom. The van der Waals surface area contributed by atoms with Crippen LogP contribution in [0, 0.1) is 0 Å². The Morgan fingerprint density at radius 3 is 2.41 bits per heavy atom. The lowest BCUT2D eigenvalue weighted by molar-refractivity contribution is 0.162. The first-order chi connectivity index (χ1) is 7.98. The molecule has 4 heteroatoms. The molecule has 94 valence electrons. The molecule has 0 aliphatic carbocycles. The zero-order valence-corrected chi connectivity index (χ0v) is 11.3. The molecule has 1 rings (SSSR count). The second-order valence-corrected chi connectivity index (χ2v) is 5.20. The number of hydrogen-bond acceptors (Lipinski definition) is 3. The van der Waals surface area contributed by atoms with Gasteiger partial charge in [0.25, 0.3) is 0 Å². The van der Waals surface area contributed by atoms with Crippen LogP contribution in [0.15, 0.2) is 41.8 Å². The first-order valence-corrected chi connectivity index (χ1v) is 6.53. The van der Waals surface area contributed by atoms with E-state index in [1.165, 1.54) is 0 Å². The predicted molar refractivity (Wildman–Crippen MR) is 69.4 cm³/mol. The quantitative estimate of drug-likeness (QED) is 0.732. The molecule has 1 aromatic rings. The summed E-state index contributed by atoms with van der Waals surface area (Å²) in [6.07, 6.45) is 1.74. The molecule has 1 unspecified atom stereocenters. The minimum atomic E-state index is -1.39. The molecule has 3 nitrogen and oxygen atoms in total. The molecule has 0 aromatic heterocycles. The van der Waals surface area contributed by atoms with Gasteiger partial charge in [-0.15, -0.1) is 0 Å². The molecule has 0 spiro atoms. The van der Waals surface area contributed by atoms with Crippen LogP contribution in [0.3, 0.4) is 0 Å². The van der Waals surface area contributed by atoms with Gasteiger partial charge in [-0.3, -0.25) is 4.18 Å². The standard InChI is InChI=1S/C13H18O3S/c1-5-13(3,4)16-11-7-9-12(10-8-11)17(14)15-6-2/h5,7-10H,1,6H2,2-4H3. The molecular weight excluding hydrogens is 236 g/mol. The van der Waals surface area contributed by atoms with Crippen molar-refractivity contribution < 1.29 is 13.1 Å². The van der Waals surface area contributed by atoms with Crippen molar-refractivity contribution in [1.29, 1.82) is 0 Å². The van der Waals surface area contributed by atoms with Crippen molar-refractivity contribution in [2.24, 2.45) is 0 Å². The molecule has 0 heterocycles. The summed E-state index contributed by atoms with van der Waals surface area (Å²) in [4.78, 5) is 0.635. The molecule has 17 heavy (non-hydrogen) atoms. The molecular formula is C13H18O3S. The maximum atomic E-state index is 11.5. The molecule has 0 saturated heterocycles. The van der Waals surface area contributed by atoms with Crippen molar-refractivity contribution in [2.45, 2.75) is 31.3 Å². The van der Waals surface area contributed by atoms with E-state index in [1.807, 2.05) is 20.8 Å². The van der Waals surface area contributed by atoms with Crippen molar-refractivity contribution in [2.75, 3.05) is 6.61 Å².